The Kier molecular flexibility index (Phi) is 21.4. The van der Waals surface area contributed by atoms with Gasteiger partial charge in [-0.25, -0.2) is 0 Å². The Bertz CT molecular complexity index is 2390. The molecule has 89 heavy (non-hydrogen) atoms. The number of hydrogen-bond donors (Lipinski definition) is 20. The molecule has 1 spiro atoms. The van der Waals surface area contributed by atoms with Gasteiger partial charge in [0.15, 0.2) is 37.6 Å². The van der Waals surface area contributed by atoms with E-state index in [0.29, 0.717) is 44.1 Å². The van der Waals surface area contributed by atoms with E-state index < -0.39 is 258 Å². The minimum Gasteiger partial charge on any atom is -0.432 e. The van der Waals surface area contributed by atoms with Crippen LogP contribution in [0.2, 0.25) is 0 Å². The van der Waals surface area contributed by atoms with Crippen molar-refractivity contribution in [3.8, 4) is 0 Å². The summed E-state index contributed by atoms with van der Waals surface area (Å²) in [5.41, 5.74) is -3.24. The number of ether oxygens (including phenoxy) is 12. The van der Waals surface area contributed by atoms with Crippen molar-refractivity contribution >= 4 is 5.97 Å². The van der Waals surface area contributed by atoms with Crippen molar-refractivity contribution < 1.29 is 164 Å². The summed E-state index contributed by atoms with van der Waals surface area (Å²) >= 11 is 0. The molecule has 0 aromatic heterocycles. The van der Waals surface area contributed by atoms with Gasteiger partial charge in [-0.3, -0.25) is 4.79 Å². The summed E-state index contributed by atoms with van der Waals surface area (Å²) in [5.74, 6) is -1.44. The van der Waals surface area contributed by atoms with Gasteiger partial charge < -0.3 is 159 Å². The molecule has 2 bridgehead atoms. The van der Waals surface area contributed by atoms with Gasteiger partial charge in [0.2, 0.25) is 6.29 Å². The molecule has 6 heterocycles. The van der Waals surface area contributed by atoms with Crippen molar-refractivity contribution in [2.24, 2.45) is 28.1 Å². The standard InChI is InChI=1S/C56H90O33/c1-19-11-55-9-5-26-53(2,7-4-8-54(26,3)52(77)88-50-44(86-48-40(75)36(71)30(65)22(14-59)80-48)42(32(67)24(16-61)82-50)84-46-38(73)34(69)28(63)20(12-57)78-46)27(55)6-10-56(19,18-55)89-51-45(87-49-41(76)37(72)31(66)23(15-60)81-49)43(33(68)25(17-62)83-51)85-47-39(74)35(70)29(64)21(13-58)79-47/h20-51,57-76H,1,4-18H2,2-3H3/t20?,21?,22?,23?,24?,25?,26?,27-,28?,29?,30?,31?,32?,33?,34?,35?,36?,37?,38?,39?,40?,41?,42?,43?,44?,45?,46?,47?,48?,49?,50?,51?,53+,54+,55?,56-/m0/s1. The lowest BCUT2D eigenvalue weighted by atomic mass is 9.41. The van der Waals surface area contributed by atoms with Crippen LogP contribution in [0.4, 0.5) is 0 Å². The number of carbonyl (C=O) groups is 1. The minimum atomic E-state index is -2.08. The molecule has 10 rings (SSSR count). The molecule has 4 saturated carbocycles. The van der Waals surface area contributed by atoms with Gasteiger partial charge >= 0.3 is 5.97 Å². The fraction of sp³-hybridized carbons (Fsp3) is 0.946. The Labute approximate surface area is 509 Å². The van der Waals surface area contributed by atoms with Crippen molar-refractivity contribution in [3.05, 3.63) is 12.2 Å². The molecule has 10 fully saturated rings. The van der Waals surface area contributed by atoms with Gasteiger partial charge in [0.05, 0.1) is 50.7 Å². The lowest BCUT2D eigenvalue weighted by Gasteiger charge is -2.64. The van der Waals surface area contributed by atoms with Crippen LogP contribution in [0, 0.1) is 28.1 Å². The molecule has 6 aliphatic heterocycles. The highest BCUT2D eigenvalue weighted by Crippen LogP contribution is 2.74. The van der Waals surface area contributed by atoms with E-state index in [-0.39, 0.29) is 25.2 Å². The number of esters is 1. The second-order valence-electron chi connectivity index (χ2n) is 26.4. The zero-order chi connectivity index (χ0) is 64.7. The summed E-state index contributed by atoms with van der Waals surface area (Å²) in [6.07, 6.45) is -51.9. The Morgan fingerprint density at radius 3 is 1.18 bits per heavy atom. The highest BCUT2D eigenvalue weighted by Gasteiger charge is 2.70. The molecule has 4 aliphatic carbocycles. The van der Waals surface area contributed by atoms with Gasteiger partial charge in [-0.1, -0.05) is 19.9 Å². The SMILES string of the molecule is C=C1CC23CCC4[C@](C)(C(=O)OC5OC(CO)C(O)C(OC6OC(CO)C(O)C(O)C6O)C5OC5OC(CO)C(O)C(O)C5O)CCC[C@@]4(C)[C@@H]2CC[C@]1(OC1OC(CO)C(O)C(OC2OC(CO)C(O)C(O)C2O)C1OC1OC(CO)C(O)C(O)C1O)C3. The van der Waals surface area contributed by atoms with Crippen LogP contribution in [-0.2, 0) is 61.6 Å². The van der Waals surface area contributed by atoms with Crippen LogP contribution < -0.4 is 0 Å². The monoisotopic (exact) mass is 1290 g/mol. The quantitative estimate of drug-likeness (QED) is 0.0344. The molecule has 512 valence electrons. The average molecular weight is 1290 g/mol. The zero-order valence-corrected chi connectivity index (χ0v) is 49.0. The largest absolute Gasteiger partial charge is 0.432 e. The molecule has 6 saturated heterocycles. The van der Waals surface area contributed by atoms with E-state index in [1.807, 2.05) is 0 Å². The first-order valence-corrected chi connectivity index (χ1v) is 30.4. The van der Waals surface area contributed by atoms with Gasteiger partial charge in [0, 0.05) is 0 Å². The first-order valence-electron chi connectivity index (χ1n) is 30.4. The predicted molar refractivity (Wildman–Crippen MR) is 284 cm³/mol. The summed E-state index contributed by atoms with van der Waals surface area (Å²) in [6, 6.07) is 0. The van der Waals surface area contributed by atoms with Crippen LogP contribution in [0.25, 0.3) is 0 Å². The predicted octanol–water partition coefficient (Wildman–Crippen LogP) is -9.47. The van der Waals surface area contributed by atoms with Crippen LogP contribution in [0.1, 0.15) is 71.6 Å². The summed E-state index contributed by atoms with van der Waals surface area (Å²) in [6.45, 7) is 3.03. The molecule has 20 N–H and O–H groups in total. The van der Waals surface area contributed by atoms with Crippen molar-refractivity contribution in [2.45, 2.75) is 261 Å². The van der Waals surface area contributed by atoms with Crippen LogP contribution in [0.3, 0.4) is 0 Å². The first kappa shape index (κ1) is 69.8. The molecule has 0 radical (unpaired) electrons. The van der Waals surface area contributed by atoms with Crippen molar-refractivity contribution in [2.75, 3.05) is 39.6 Å². The highest BCUT2D eigenvalue weighted by atomic mass is 16.8. The first-order chi connectivity index (χ1) is 42.1. The molecule has 33 nitrogen and oxygen atoms in total. The molecule has 0 amide bonds. The molecule has 36 atom stereocenters. The second kappa shape index (κ2) is 27.2. The summed E-state index contributed by atoms with van der Waals surface area (Å²) in [5, 5.41) is 215. The molecule has 0 aromatic carbocycles. The van der Waals surface area contributed by atoms with Gasteiger partial charge in [-0.15, -0.1) is 0 Å². The summed E-state index contributed by atoms with van der Waals surface area (Å²) in [7, 11) is 0. The molecule has 0 aromatic rings. The number of aliphatic hydroxyl groups excluding tert-OH is 20. The van der Waals surface area contributed by atoms with Crippen molar-refractivity contribution in [3.63, 3.8) is 0 Å². The normalized spacial score (nSPS) is 54.5. The van der Waals surface area contributed by atoms with Gasteiger partial charge in [0.25, 0.3) is 0 Å². The van der Waals surface area contributed by atoms with Gasteiger partial charge in [-0.05, 0) is 86.5 Å². The maximum Gasteiger partial charge on any atom is 0.314 e. The molecule has 33 heteroatoms. The zero-order valence-electron chi connectivity index (χ0n) is 49.0. The Hall–Kier alpha value is -2.03. The Morgan fingerprint density at radius 1 is 0.427 bits per heavy atom. The number of aliphatic hydroxyl groups is 20. The number of carbonyl (C=O) groups excluding carboxylic acids is 1. The van der Waals surface area contributed by atoms with Gasteiger partial charge in [-0.2, -0.15) is 0 Å². The fourth-order valence-corrected chi connectivity index (χ4v) is 16.4. The third-order valence-electron chi connectivity index (χ3n) is 21.3. The van der Waals surface area contributed by atoms with E-state index in [0.717, 1.165) is 0 Å². The minimum absolute atomic E-state index is 0.154. The Morgan fingerprint density at radius 2 is 0.775 bits per heavy atom. The maximum atomic E-state index is 15.4. The third kappa shape index (κ3) is 12.3. The lowest BCUT2D eigenvalue weighted by Crippen LogP contribution is -2.68. The van der Waals surface area contributed by atoms with Crippen molar-refractivity contribution in [1.82, 2.24) is 0 Å². The van der Waals surface area contributed by atoms with E-state index in [2.05, 4.69) is 13.5 Å². The lowest BCUT2D eigenvalue weighted by molar-refractivity contribution is -0.400. The smallest absolute Gasteiger partial charge is 0.314 e. The third-order valence-corrected chi connectivity index (χ3v) is 21.3. The van der Waals surface area contributed by atoms with E-state index in [1.165, 1.54) is 0 Å². The van der Waals surface area contributed by atoms with E-state index in [4.69, 9.17) is 56.8 Å². The fourth-order valence-electron chi connectivity index (χ4n) is 16.4. The molecular weight excluding hydrogens is 1200 g/mol. The van der Waals surface area contributed by atoms with E-state index in [9.17, 15) is 102 Å². The highest BCUT2D eigenvalue weighted by molar-refractivity contribution is 5.77. The van der Waals surface area contributed by atoms with Crippen LogP contribution >= 0.6 is 0 Å². The molecule has 32 unspecified atom stereocenters. The van der Waals surface area contributed by atoms with E-state index >= 15 is 4.79 Å². The summed E-state index contributed by atoms with van der Waals surface area (Å²) < 4.78 is 72.9. The van der Waals surface area contributed by atoms with Gasteiger partial charge in [0.1, 0.15) is 140 Å². The maximum absolute atomic E-state index is 15.4. The van der Waals surface area contributed by atoms with Crippen LogP contribution in [0.5, 0.6) is 0 Å². The van der Waals surface area contributed by atoms with E-state index in [1.54, 1.807) is 6.92 Å². The number of rotatable bonds is 18. The summed E-state index contributed by atoms with van der Waals surface area (Å²) in [4.78, 5) is 15.4. The number of fused-ring (bicyclic) bond motifs is 3. The topological polar surface area (TPSA) is 532 Å². The second-order valence-corrected chi connectivity index (χ2v) is 26.4. The number of hydrogen-bond acceptors (Lipinski definition) is 33. The Balaban J connectivity index is 0.921. The van der Waals surface area contributed by atoms with Crippen LogP contribution in [0.15, 0.2) is 12.2 Å². The molecular formula is C56H90O33. The van der Waals surface area contributed by atoms with Crippen molar-refractivity contribution in [1.29, 1.82) is 0 Å². The molecule has 10 aliphatic rings. The average Bonchev–Trinajstić information content (AvgIpc) is 1.62. The van der Waals surface area contributed by atoms with Crippen LogP contribution in [-0.4, -0.2) is 338 Å².